The van der Waals surface area contributed by atoms with Gasteiger partial charge in [0.05, 0.1) is 24.5 Å². The van der Waals surface area contributed by atoms with E-state index < -0.39 is 12.0 Å². The number of hydrogen-bond donors (Lipinski definition) is 3. The molecule has 0 aliphatic heterocycles. The smallest absolute Gasteiger partial charge is 0.352 e. The average molecular weight is 374 g/mol. The molecule has 0 aliphatic carbocycles. The van der Waals surface area contributed by atoms with Gasteiger partial charge in [0.2, 0.25) is 0 Å². The lowest BCUT2D eigenvalue weighted by Gasteiger charge is -2.12. The lowest BCUT2D eigenvalue weighted by molar-refractivity contribution is 0.0686. The van der Waals surface area contributed by atoms with E-state index in [0.29, 0.717) is 23.3 Å². The zero-order chi connectivity index (χ0) is 19.7. The van der Waals surface area contributed by atoms with Gasteiger partial charge in [-0.15, -0.1) is 5.16 Å². The minimum absolute atomic E-state index is 0.150. The number of carbonyl (C=O) groups is 1. The van der Waals surface area contributed by atoms with E-state index in [1.54, 1.807) is 22.8 Å². The van der Waals surface area contributed by atoms with Crippen molar-refractivity contribution in [3.63, 3.8) is 0 Å². The van der Waals surface area contributed by atoms with Crippen LogP contribution < -0.4 is 5.73 Å². The molecule has 140 valence electrons. The Morgan fingerprint density at radius 3 is 2.71 bits per heavy atom. The van der Waals surface area contributed by atoms with Crippen LogP contribution in [0.25, 0.3) is 21.8 Å². The van der Waals surface area contributed by atoms with Gasteiger partial charge in [-0.3, -0.25) is 0 Å². The van der Waals surface area contributed by atoms with E-state index in [9.17, 15) is 9.90 Å². The molecule has 0 aliphatic rings. The highest BCUT2D eigenvalue weighted by Crippen LogP contribution is 2.25. The van der Waals surface area contributed by atoms with Crippen molar-refractivity contribution >= 4 is 34.0 Å². The van der Waals surface area contributed by atoms with E-state index in [-0.39, 0.29) is 5.69 Å². The van der Waals surface area contributed by atoms with Gasteiger partial charge in [-0.2, -0.15) is 0 Å². The summed E-state index contributed by atoms with van der Waals surface area (Å²) >= 11 is 0. The maximum absolute atomic E-state index is 11.8. The number of fused-ring (bicyclic) bond motifs is 2. The third-order valence-electron chi connectivity index (χ3n) is 4.76. The van der Waals surface area contributed by atoms with Crippen LogP contribution in [-0.2, 0) is 6.54 Å². The molecule has 4 rings (SSSR count). The summed E-state index contributed by atoms with van der Waals surface area (Å²) < 4.78 is 1.67. The Morgan fingerprint density at radius 2 is 1.93 bits per heavy atom. The van der Waals surface area contributed by atoms with Crippen LogP contribution >= 0.6 is 0 Å². The van der Waals surface area contributed by atoms with Gasteiger partial charge in [-0.1, -0.05) is 42.5 Å². The minimum Gasteiger partial charge on any atom is -0.477 e. The summed E-state index contributed by atoms with van der Waals surface area (Å²) in [5.41, 5.74) is 8.09. The molecule has 28 heavy (non-hydrogen) atoms. The first-order valence-electron chi connectivity index (χ1n) is 8.71. The summed E-state index contributed by atoms with van der Waals surface area (Å²) in [6.45, 7) is 0.353. The quantitative estimate of drug-likeness (QED) is 0.281. The van der Waals surface area contributed by atoms with Crippen molar-refractivity contribution in [2.45, 2.75) is 12.6 Å². The number of nitrogens with zero attached hydrogens (tertiary/aromatic N) is 3. The van der Waals surface area contributed by atoms with Crippen molar-refractivity contribution in [3.8, 4) is 0 Å². The molecule has 4 aromatic rings. The number of nitrogens with two attached hydrogens (primary N) is 1. The van der Waals surface area contributed by atoms with Gasteiger partial charge in [0.1, 0.15) is 11.3 Å². The highest BCUT2D eigenvalue weighted by atomic mass is 16.4. The van der Waals surface area contributed by atoms with Crippen LogP contribution in [0.4, 0.5) is 0 Å². The Bertz CT molecular complexity index is 1210. The number of benzene rings is 2. The van der Waals surface area contributed by atoms with Crippen molar-refractivity contribution < 1.29 is 15.1 Å². The zero-order valence-electron chi connectivity index (χ0n) is 14.9. The average Bonchev–Trinajstić information content (AvgIpc) is 3.06. The van der Waals surface area contributed by atoms with Crippen LogP contribution in [0.15, 0.2) is 65.8 Å². The second kappa shape index (κ2) is 7.13. The second-order valence-corrected chi connectivity index (χ2v) is 6.50. The Hall–Kier alpha value is -3.71. The Labute approximate surface area is 160 Å². The zero-order valence-corrected chi connectivity index (χ0v) is 14.9. The highest BCUT2D eigenvalue weighted by molar-refractivity contribution is 5.94. The van der Waals surface area contributed by atoms with Gasteiger partial charge in [0, 0.05) is 5.39 Å². The van der Waals surface area contributed by atoms with Crippen LogP contribution in [0.2, 0.25) is 0 Å². The topological polar surface area (TPSA) is 114 Å². The number of pyridine rings is 1. The molecule has 0 saturated carbocycles. The van der Waals surface area contributed by atoms with E-state index >= 15 is 0 Å². The molecule has 2 heterocycles. The van der Waals surface area contributed by atoms with Gasteiger partial charge in [-0.05, 0) is 34.5 Å². The van der Waals surface area contributed by atoms with Crippen molar-refractivity contribution in [3.05, 3.63) is 77.6 Å². The molecule has 1 atom stereocenters. The largest absolute Gasteiger partial charge is 0.477 e. The third-order valence-corrected chi connectivity index (χ3v) is 4.76. The number of hydrogen-bond acceptors (Lipinski definition) is 5. The molecule has 4 N–H and O–H groups in total. The first-order chi connectivity index (χ1) is 13.6. The lowest BCUT2D eigenvalue weighted by atomic mass is 10.0. The summed E-state index contributed by atoms with van der Waals surface area (Å²) in [6.07, 6.45) is 1.17. The number of oxime groups is 1. The predicted octanol–water partition coefficient (Wildman–Crippen LogP) is 3.40. The van der Waals surface area contributed by atoms with E-state index in [4.69, 9.17) is 10.9 Å². The Balaban J connectivity index is 1.89. The maximum Gasteiger partial charge on any atom is 0.352 e. The van der Waals surface area contributed by atoms with E-state index in [1.807, 2.05) is 42.5 Å². The number of carboxylic acids is 1. The molecule has 0 amide bonds. The SMILES string of the molecule is NC(/C=N/O)c1ccc2cc(C(=O)O)n(Cc3cccc4ccccc34)c2n1. The Morgan fingerprint density at radius 1 is 1.14 bits per heavy atom. The number of rotatable bonds is 5. The standard InChI is InChI=1S/C21H18N4O3/c22-17(11-23-28)18-9-8-14-10-19(21(26)27)25(20(14)24-18)12-15-6-3-5-13-4-1-2-7-16(13)15/h1-11,17,28H,12,22H2,(H,26,27)/b23-11+. The molecule has 2 aromatic heterocycles. The first-order valence-corrected chi connectivity index (χ1v) is 8.71. The van der Waals surface area contributed by atoms with Gasteiger partial charge in [0.25, 0.3) is 0 Å². The highest BCUT2D eigenvalue weighted by Gasteiger charge is 2.18. The van der Waals surface area contributed by atoms with Gasteiger partial charge in [0.15, 0.2) is 0 Å². The van der Waals surface area contributed by atoms with Gasteiger partial charge < -0.3 is 20.6 Å². The van der Waals surface area contributed by atoms with Crippen molar-refractivity contribution in [1.82, 2.24) is 9.55 Å². The number of aromatic nitrogens is 2. The normalized spacial score (nSPS) is 12.8. The molecule has 7 heteroatoms. The molecular weight excluding hydrogens is 356 g/mol. The lowest BCUT2D eigenvalue weighted by Crippen LogP contribution is -2.15. The molecule has 1 unspecified atom stereocenters. The van der Waals surface area contributed by atoms with E-state index in [2.05, 4.69) is 10.1 Å². The second-order valence-electron chi connectivity index (χ2n) is 6.50. The van der Waals surface area contributed by atoms with Crippen LogP contribution in [-0.4, -0.2) is 32.0 Å². The van der Waals surface area contributed by atoms with Crippen molar-refractivity contribution in [2.24, 2.45) is 10.9 Å². The minimum atomic E-state index is -1.03. The summed E-state index contributed by atoms with van der Waals surface area (Å²) in [5, 5.41) is 24.2. The molecule has 0 saturated heterocycles. The van der Waals surface area contributed by atoms with Crippen LogP contribution in [0.5, 0.6) is 0 Å². The molecule has 0 radical (unpaired) electrons. The van der Waals surface area contributed by atoms with Crippen molar-refractivity contribution in [1.29, 1.82) is 0 Å². The maximum atomic E-state index is 11.8. The van der Waals surface area contributed by atoms with Gasteiger partial charge >= 0.3 is 5.97 Å². The van der Waals surface area contributed by atoms with Crippen LogP contribution in [0.1, 0.15) is 27.8 Å². The van der Waals surface area contributed by atoms with E-state index in [0.717, 1.165) is 16.3 Å². The fourth-order valence-electron chi connectivity index (χ4n) is 3.41. The summed E-state index contributed by atoms with van der Waals surface area (Å²) in [7, 11) is 0. The third kappa shape index (κ3) is 3.08. The fraction of sp³-hybridized carbons (Fsp3) is 0.0952. The van der Waals surface area contributed by atoms with E-state index in [1.165, 1.54) is 6.21 Å². The molecular formula is C21H18N4O3. The summed E-state index contributed by atoms with van der Waals surface area (Å²) in [5.74, 6) is -1.03. The Kier molecular flexibility index (Phi) is 4.50. The summed E-state index contributed by atoms with van der Waals surface area (Å²) in [6, 6.07) is 18.3. The van der Waals surface area contributed by atoms with Gasteiger partial charge in [-0.25, -0.2) is 9.78 Å². The van der Waals surface area contributed by atoms with Crippen LogP contribution in [0.3, 0.4) is 0 Å². The first kappa shape index (κ1) is 17.7. The number of carboxylic acid groups (broad SMARTS) is 1. The van der Waals surface area contributed by atoms with Crippen LogP contribution in [0, 0.1) is 0 Å². The number of aromatic carboxylic acids is 1. The molecule has 0 bridgehead atoms. The van der Waals surface area contributed by atoms with Crippen molar-refractivity contribution in [2.75, 3.05) is 0 Å². The predicted molar refractivity (Wildman–Crippen MR) is 107 cm³/mol. The molecule has 2 aromatic carbocycles. The molecule has 0 fully saturated rings. The molecule has 7 nitrogen and oxygen atoms in total. The fourth-order valence-corrected chi connectivity index (χ4v) is 3.41. The molecule has 0 spiro atoms. The monoisotopic (exact) mass is 374 g/mol. The summed E-state index contributed by atoms with van der Waals surface area (Å²) in [4.78, 5) is 16.4.